The van der Waals surface area contributed by atoms with Crippen molar-refractivity contribution in [3.8, 4) is 0 Å². The van der Waals surface area contributed by atoms with Crippen LogP contribution in [0, 0.1) is 15.9 Å². The molecule has 3 rings (SSSR count). The molecule has 0 atom stereocenters. The Morgan fingerprint density at radius 3 is 1.67 bits per heavy atom. The van der Waals surface area contributed by atoms with Crippen molar-refractivity contribution in [2.24, 2.45) is 0 Å². The van der Waals surface area contributed by atoms with Crippen molar-refractivity contribution >= 4 is 5.69 Å². The number of quaternary nitrogens is 2. The van der Waals surface area contributed by atoms with Gasteiger partial charge in [0.05, 0.1) is 4.92 Å². The summed E-state index contributed by atoms with van der Waals surface area (Å²) in [5.74, 6) is -0.189. The lowest BCUT2D eigenvalue weighted by Gasteiger charge is -2.29. The van der Waals surface area contributed by atoms with Gasteiger partial charge in [-0.05, 0) is 24.3 Å². The number of halogens is 1. The van der Waals surface area contributed by atoms with Crippen molar-refractivity contribution in [2.45, 2.75) is 13.1 Å². The zero-order valence-corrected chi connectivity index (χ0v) is 13.5. The molecule has 126 valence electrons. The highest BCUT2D eigenvalue weighted by molar-refractivity contribution is 5.32. The summed E-state index contributed by atoms with van der Waals surface area (Å²) >= 11 is 0. The van der Waals surface area contributed by atoms with Crippen LogP contribution in [0.3, 0.4) is 0 Å². The van der Waals surface area contributed by atoms with E-state index in [1.165, 1.54) is 27.5 Å². The second-order valence-electron chi connectivity index (χ2n) is 6.40. The van der Waals surface area contributed by atoms with Crippen molar-refractivity contribution in [2.75, 3.05) is 26.2 Å². The van der Waals surface area contributed by atoms with Gasteiger partial charge in [0.2, 0.25) is 0 Å². The fraction of sp³-hybridized carbons (Fsp3) is 0.333. The monoisotopic (exact) mass is 331 g/mol. The molecule has 1 aliphatic heterocycles. The van der Waals surface area contributed by atoms with Crippen molar-refractivity contribution in [1.82, 2.24) is 0 Å². The molecule has 0 bridgehead atoms. The van der Waals surface area contributed by atoms with E-state index < -0.39 is 0 Å². The second-order valence-corrected chi connectivity index (χ2v) is 6.40. The Bertz CT molecular complexity index is 680. The Balaban J connectivity index is 1.48. The van der Waals surface area contributed by atoms with Crippen LogP contribution in [-0.4, -0.2) is 31.1 Å². The van der Waals surface area contributed by atoms with Crippen molar-refractivity contribution in [3.63, 3.8) is 0 Å². The molecule has 0 unspecified atom stereocenters. The summed E-state index contributed by atoms with van der Waals surface area (Å²) in [5.41, 5.74) is 2.45. The lowest BCUT2D eigenvalue weighted by molar-refractivity contribution is -1.02. The number of piperazine rings is 1. The third kappa shape index (κ3) is 4.37. The summed E-state index contributed by atoms with van der Waals surface area (Å²) in [6.07, 6.45) is 0. The summed E-state index contributed by atoms with van der Waals surface area (Å²) in [6.45, 7) is 6.16. The summed E-state index contributed by atoms with van der Waals surface area (Å²) in [4.78, 5) is 13.3. The Labute approximate surface area is 140 Å². The van der Waals surface area contributed by atoms with Gasteiger partial charge in [0, 0.05) is 23.3 Å². The summed E-state index contributed by atoms with van der Waals surface area (Å²) in [7, 11) is 0. The van der Waals surface area contributed by atoms with Gasteiger partial charge in [0.25, 0.3) is 5.69 Å². The maximum atomic E-state index is 12.9. The molecule has 24 heavy (non-hydrogen) atoms. The van der Waals surface area contributed by atoms with Gasteiger partial charge in [0.15, 0.2) is 0 Å². The van der Waals surface area contributed by atoms with Gasteiger partial charge < -0.3 is 9.80 Å². The molecule has 0 spiro atoms. The number of nitrogens with zero attached hydrogens (tertiary/aromatic N) is 1. The zero-order chi connectivity index (χ0) is 16.9. The summed E-state index contributed by atoms with van der Waals surface area (Å²) < 4.78 is 12.9. The molecular formula is C18H22FN3O2+2. The third-order valence-electron chi connectivity index (χ3n) is 4.63. The number of hydrogen-bond donors (Lipinski definition) is 2. The molecule has 1 saturated heterocycles. The van der Waals surface area contributed by atoms with Crippen molar-refractivity contribution < 1.29 is 19.1 Å². The molecular weight excluding hydrogens is 309 g/mol. The number of hydrogen-bond acceptors (Lipinski definition) is 2. The second kappa shape index (κ2) is 7.51. The minimum atomic E-state index is -0.367. The average Bonchev–Trinajstić information content (AvgIpc) is 2.59. The molecule has 6 heteroatoms. The van der Waals surface area contributed by atoms with Crippen LogP contribution in [0.5, 0.6) is 0 Å². The first-order chi connectivity index (χ1) is 11.6. The van der Waals surface area contributed by atoms with Gasteiger partial charge in [-0.1, -0.05) is 12.1 Å². The van der Waals surface area contributed by atoms with Crippen molar-refractivity contribution in [1.29, 1.82) is 0 Å². The smallest absolute Gasteiger partial charge is 0.269 e. The van der Waals surface area contributed by atoms with E-state index in [0.717, 1.165) is 44.8 Å². The zero-order valence-electron chi connectivity index (χ0n) is 13.5. The number of nitro benzene ring substituents is 1. The highest BCUT2D eigenvalue weighted by Gasteiger charge is 2.23. The van der Waals surface area contributed by atoms with Crippen LogP contribution in [0.25, 0.3) is 0 Å². The first kappa shape index (κ1) is 16.5. The largest absolute Gasteiger partial charge is 0.322 e. The molecule has 0 amide bonds. The van der Waals surface area contributed by atoms with Gasteiger partial charge in [-0.3, -0.25) is 10.1 Å². The number of benzene rings is 2. The first-order valence-electron chi connectivity index (χ1n) is 8.25. The molecule has 1 heterocycles. The highest BCUT2D eigenvalue weighted by atomic mass is 19.1. The number of rotatable bonds is 5. The topological polar surface area (TPSA) is 52.0 Å². The van der Waals surface area contributed by atoms with E-state index in [4.69, 9.17) is 0 Å². The van der Waals surface area contributed by atoms with Gasteiger partial charge in [-0.15, -0.1) is 0 Å². The van der Waals surface area contributed by atoms with E-state index in [9.17, 15) is 14.5 Å². The van der Waals surface area contributed by atoms with Crippen molar-refractivity contribution in [3.05, 3.63) is 75.6 Å². The fourth-order valence-electron chi connectivity index (χ4n) is 3.23. The molecule has 2 N–H and O–H groups in total. The molecule has 0 saturated carbocycles. The molecule has 0 radical (unpaired) electrons. The Morgan fingerprint density at radius 1 is 0.833 bits per heavy atom. The Kier molecular flexibility index (Phi) is 5.17. The maximum Gasteiger partial charge on any atom is 0.269 e. The van der Waals surface area contributed by atoms with E-state index in [-0.39, 0.29) is 16.4 Å². The fourth-order valence-corrected chi connectivity index (χ4v) is 3.23. The first-order valence-corrected chi connectivity index (χ1v) is 8.25. The Morgan fingerprint density at radius 2 is 1.25 bits per heavy atom. The average molecular weight is 331 g/mol. The van der Waals surface area contributed by atoms with Crippen LogP contribution in [0.4, 0.5) is 10.1 Å². The molecule has 5 nitrogen and oxygen atoms in total. The van der Waals surface area contributed by atoms with E-state index in [1.54, 1.807) is 12.1 Å². The minimum absolute atomic E-state index is 0.141. The molecule has 2 aromatic carbocycles. The summed E-state index contributed by atoms with van der Waals surface area (Å²) in [5, 5.41) is 10.7. The quantitative estimate of drug-likeness (QED) is 0.608. The Hall–Kier alpha value is -2.31. The molecule has 1 aliphatic rings. The molecule has 0 aliphatic carbocycles. The van der Waals surface area contributed by atoms with Gasteiger partial charge in [-0.25, -0.2) is 4.39 Å². The number of nitro groups is 1. The van der Waals surface area contributed by atoms with E-state index in [1.807, 2.05) is 24.3 Å². The third-order valence-corrected chi connectivity index (χ3v) is 4.63. The minimum Gasteiger partial charge on any atom is -0.322 e. The van der Waals surface area contributed by atoms with Crippen LogP contribution in [0.2, 0.25) is 0 Å². The van der Waals surface area contributed by atoms with Crippen LogP contribution in [0.15, 0.2) is 48.5 Å². The molecule has 0 aromatic heterocycles. The lowest BCUT2D eigenvalue weighted by atomic mass is 10.1. The predicted molar refractivity (Wildman–Crippen MR) is 88.3 cm³/mol. The maximum absolute atomic E-state index is 12.9. The van der Waals surface area contributed by atoms with E-state index >= 15 is 0 Å². The van der Waals surface area contributed by atoms with Gasteiger partial charge >= 0.3 is 0 Å². The normalized spacial score (nSPS) is 20.7. The van der Waals surface area contributed by atoms with Crippen LogP contribution >= 0.6 is 0 Å². The van der Waals surface area contributed by atoms with E-state index in [0.29, 0.717) is 0 Å². The SMILES string of the molecule is O=[N+]([O-])c1ccc(C[NH+]2CC[NH+](Cc3ccc(F)cc3)CC2)cc1. The lowest BCUT2D eigenvalue weighted by Crippen LogP contribution is -3.27. The van der Waals surface area contributed by atoms with Crippen LogP contribution < -0.4 is 9.80 Å². The number of nitrogens with one attached hydrogen (secondary N) is 2. The van der Waals surface area contributed by atoms with Gasteiger partial charge in [0.1, 0.15) is 45.1 Å². The van der Waals surface area contributed by atoms with Gasteiger partial charge in [-0.2, -0.15) is 0 Å². The molecule has 2 aromatic rings. The predicted octanol–water partition coefficient (Wildman–Crippen LogP) is 0.218. The van der Waals surface area contributed by atoms with Crippen LogP contribution in [0.1, 0.15) is 11.1 Å². The van der Waals surface area contributed by atoms with E-state index in [2.05, 4.69) is 0 Å². The standard InChI is InChI=1S/C18H20FN3O2/c19-17-5-1-15(2-6-17)13-20-9-11-21(12-10-20)14-16-3-7-18(8-4-16)22(23)24/h1-8H,9-14H2/p+2. The number of non-ortho nitro benzene ring substituents is 1. The summed E-state index contributed by atoms with van der Waals surface area (Å²) in [6, 6.07) is 13.6. The molecule has 1 fully saturated rings. The van der Waals surface area contributed by atoms with Crippen LogP contribution in [-0.2, 0) is 13.1 Å². The highest BCUT2D eigenvalue weighted by Crippen LogP contribution is 2.11.